The summed E-state index contributed by atoms with van der Waals surface area (Å²) >= 11 is 3.29. The monoisotopic (exact) mass is 348 g/mol. The van der Waals surface area contributed by atoms with Gasteiger partial charge in [0.05, 0.1) is 22.9 Å². The first-order valence-electron chi connectivity index (χ1n) is 6.43. The Labute approximate surface area is 129 Å². The molecule has 2 N–H and O–H groups in total. The van der Waals surface area contributed by atoms with Crippen LogP contribution < -0.4 is 15.5 Å². The molecule has 0 unspecified atom stereocenters. The number of halogens is 1. The number of aromatic nitrogens is 3. The first-order valence-corrected chi connectivity index (χ1v) is 7.22. The average molecular weight is 349 g/mol. The van der Waals surface area contributed by atoms with Gasteiger partial charge in [-0.25, -0.2) is 15.0 Å². The van der Waals surface area contributed by atoms with Crippen molar-refractivity contribution >= 4 is 39.3 Å². The van der Waals surface area contributed by atoms with E-state index in [2.05, 4.69) is 41.5 Å². The predicted octanol–water partition coefficient (Wildman–Crippen LogP) is 1.31. The van der Waals surface area contributed by atoms with Crippen LogP contribution in [0.25, 0.3) is 0 Å². The summed E-state index contributed by atoms with van der Waals surface area (Å²) in [6.07, 6.45) is 5.04. The molecule has 1 saturated heterocycles. The van der Waals surface area contributed by atoms with Crippen LogP contribution in [0.15, 0.2) is 35.2 Å². The molecule has 1 fully saturated rings. The summed E-state index contributed by atoms with van der Waals surface area (Å²) in [5.41, 5.74) is 0.794. The third-order valence-electron chi connectivity index (χ3n) is 2.99. The standard InChI is InChI=1S/C13H13BrN6O/c14-9-5-17-13(18-6-9)19-10-1-2-11(16-7-10)20-4-3-15-12(21)8-20/h1-2,5-7H,3-4,8H2,(H,15,21)(H,17,18,19). The van der Waals surface area contributed by atoms with Crippen LogP contribution in [0.2, 0.25) is 0 Å². The lowest BCUT2D eigenvalue weighted by molar-refractivity contribution is -0.120. The van der Waals surface area contributed by atoms with Crippen molar-refractivity contribution in [3.63, 3.8) is 0 Å². The summed E-state index contributed by atoms with van der Waals surface area (Å²) in [6, 6.07) is 3.76. The highest BCUT2D eigenvalue weighted by atomic mass is 79.9. The van der Waals surface area contributed by atoms with Crippen LogP contribution in [0.5, 0.6) is 0 Å². The minimum absolute atomic E-state index is 0.0218. The van der Waals surface area contributed by atoms with Crippen molar-refractivity contribution in [2.45, 2.75) is 0 Å². The average Bonchev–Trinajstić information content (AvgIpc) is 2.50. The third kappa shape index (κ3) is 3.46. The van der Waals surface area contributed by atoms with E-state index in [1.807, 2.05) is 17.0 Å². The fraction of sp³-hybridized carbons (Fsp3) is 0.231. The first-order chi connectivity index (χ1) is 10.2. The minimum Gasteiger partial charge on any atom is -0.353 e. The van der Waals surface area contributed by atoms with Gasteiger partial charge in [-0.05, 0) is 28.1 Å². The number of anilines is 3. The van der Waals surface area contributed by atoms with Gasteiger partial charge in [-0.3, -0.25) is 4.79 Å². The van der Waals surface area contributed by atoms with Gasteiger partial charge in [-0.2, -0.15) is 0 Å². The third-order valence-corrected chi connectivity index (χ3v) is 3.40. The van der Waals surface area contributed by atoms with Gasteiger partial charge in [0.15, 0.2) is 0 Å². The molecule has 2 aromatic heterocycles. The van der Waals surface area contributed by atoms with E-state index in [4.69, 9.17) is 0 Å². The highest BCUT2D eigenvalue weighted by molar-refractivity contribution is 9.10. The van der Waals surface area contributed by atoms with Gasteiger partial charge in [0.1, 0.15) is 5.82 Å². The van der Waals surface area contributed by atoms with E-state index in [-0.39, 0.29) is 5.91 Å². The van der Waals surface area contributed by atoms with Gasteiger partial charge in [0, 0.05) is 25.5 Å². The Morgan fingerprint density at radius 3 is 2.67 bits per heavy atom. The molecule has 0 bridgehead atoms. The molecule has 21 heavy (non-hydrogen) atoms. The fourth-order valence-corrected chi connectivity index (χ4v) is 2.19. The Morgan fingerprint density at radius 1 is 1.19 bits per heavy atom. The topological polar surface area (TPSA) is 83.0 Å². The molecule has 0 radical (unpaired) electrons. The Hall–Kier alpha value is -2.22. The molecule has 1 aliphatic rings. The van der Waals surface area contributed by atoms with E-state index in [0.717, 1.165) is 22.5 Å². The van der Waals surface area contributed by atoms with Crippen molar-refractivity contribution in [3.8, 4) is 0 Å². The van der Waals surface area contributed by atoms with Crippen LogP contribution in [-0.4, -0.2) is 40.5 Å². The number of piperazine rings is 1. The van der Waals surface area contributed by atoms with Gasteiger partial charge in [-0.1, -0.05) is 0 Å². The van der Waals surface area contributed by atoms with E-state index >= 15 is 0 Å². The lowest BCUT2D eigenvalue weighted by atomic mass is 10.3. The molecule has 3 heterocycles. The van der Waals surface area contributed by atoms with Gasteiger partial charge < -0.3 is 15.5 Å². The molecule has 0 aromatic carbocycles. The zero-order valence-electron chi connectivity index (χ0n) is 11.1. The molecule has 0 atom stereocenters. The number of pyridine rings is 1. The number of carbonyl (C=O) groups is 1. The molecule has 0 spiro atoms. The van der Waals surface area contributed by atoms with E-state index in [1.54, 1.807) is 18.6 Å². The maximum Gasteiger partial charge on any atom is 0.239 e. The number of nitrogens with one attached hydrogen (secondary N) is 2. The van der Waals surface area contributed by atoms with Gasteiger partial charge in [0.25, 0.3) is 0 Å². The molecule has 1 aliphatic heterocycles. The zero-order chi connectivity index (χ0) is 14.7. The summed E-state index contributed by atoms with van der Waals surface area (Å²) in [5, 5.41) is 5.86. The van der Waals surface area contributed by atoms with E-state index < -0.39 is 0 Å². The number of hydrogen-bond acceptors (Lipinski definition) is 6. The molecule has 0 aliphatic carbocycles. The van der Waals surface area contributed by atoms with Crippen LogP contribution >= 0.6 is 15.9 Å². The van der Waals surface area contributed by atoms with Crippen LogP contribution in [0, 0.1) is 0 Å². The predicted molar refractivity (Wildman–Crippen MR) is 82.5 cm³/mol. The maximum atomic E-state index is 11.4. The Kier molecular flexibility index (Phi) is 3.96. The van der Waals surface area contributed by atoms with Gasteiger partial charge in [0.2, 0.25) is 11.9 Å². The molecule has 1 amide bonds. The summed E-state index contributed by atoms with van der Waals surface area (Å²) < 4.78 is 0.824. The van der Waals surface area contributed by atoms with Crippen molar-refractivity contribution in [1.29, 1.82) is 0 Å². The van der Waals surface area contributed by atoms with Crippen molar-refractivity contribution in [2.24, 2.45) is 0 Å². The zero-order valence-corrected chi connectivity index (χ0v) is 12.7. The quantitative estimate of drug-likeness (QED) is 0.870. The number of carbonyl (C=O) groups excluding carboxylic acids is 1. The number of nitrogens with zero attached hydrogens (tertiary/aromatic N) is 4. The summed E-state index contributed by atoms with van der Waals surface area (Å²) in [4.78, 5) is 26.0. The summed E-state index contributed by atoms with van der Waals surface area (Å²) in [7, 11) is 0. The van der Waals surface area contributed by atoms with Crippen LogP contribution in [0.1, 0.15) is 0 Å². The molecule has 108 valence electrons. The van der Waals surface area contributed by atoms with E-state index in [9.17, 15) is 4.79 Å². The number of rotatable bonds is 3. The molecular formula is C13H13BrN6O. The second-order valence-electron chi connectivity index (χ2n) is 4.53. The van der Waals surface area contributed by atoms with Gasteiger partial charge >= 0.3 is 0 Å². The van der Waals surface area contributed by atoms with Crippen LogP contribution in [0.3, 0.4) is 0 Å². The highest BCUT2D eigenvalue weighted by Crippen LogP contribution is 2.17. The first kappa shape index (κ1) is 13.7. The lowest BCUT2D eigenvalue weighted by Crippen LogP contribution is -2.48. The molecular weight excluding hydrogens is 336 g/mol. The second kappa shape index (κ2) is 6.04. The Balaban J connectivity index is 1.69. The highest BCUT2D eigenvalue weighted by Gasteiger charge is 2.17. The van der Waals surface area contributed by atoms with E-state index in [1.165, 1.54) is 0 Å². The number of hydrogen-bond donors (Lipinski definition) is 2. The summed E-state index contributed by atoms with van der Waals surface area (Å²) in [5.74, 6) is 1.31. The molecule has 0 saturated carbocycles. The van der Waals surface area contributed by atoms with Crippen LogP contribution in [-0.2, 0) is 4.79 Å². The maximum absolute atomic E-state index is 11.4. The normalized spacial score (nSPS) is 14.7. The molecule has 8 heteroatoms. The van der Waals surface area contributed by atoms with Crippen LogP contribution in [0.4, 0.5) is 17.5 Å². The largest absolute Gasteiger partial charge is 0.353 e. The molecule has 3 rings (SSSR count). The fourth-order valence-electron chi connectivity index (χ4n) is 1.99. The Morgan fingerprint density at radius 2 is 2.00 bits per heavy atom. The Bertz CT molecular complexity index is 630. The SMILES string of the molecule is O=C1CN(c2ccc(Nc3ncc(Br)cn3)cn2)CCN1. The summed E-state index contributed by atoms with van der Waals surface area (Å²) in [6.45, 7) is 1.75. The second-order valence-corrected chi connectivity index (χ2v) is 5.44. The van der Waals surface area contributed by atoms with Crippen molar-refractivity contribution in [3.05, 3.63) is 35.2 Å². The lowest BCUT2D eigenvalue weighted by Gasteiger charge is -2.27. The molecule has 2 aromatic rings. The van der Waals surface area contributed by atoms with Crippen molar-refractivity contribution in [2.75, 3.05) is 29.9 Å². The smallest absolute Gasteiger partial charge is 0.239 e. The minimum atomic E-state index is 0.0218. The number of amides is 1. The van der Waals surface area contributed by atoms with Gasteiger partial charge in [-0.15, -0.1) is 0 Å². The molecule has 7 nitrogen and oxygen atoms in total. The van der Waals surface area contributed by atoms with E-state index in [0.29, 0.717) is 19.0 Å². The van der Waals surface area contributed by atoms with Crippen molar-refractivity contribution in [1.82, 2.24) is 20.3 Å². The van der Waals surface area contributed by atoms with Crippen molar-refractivity contribution < 1.29 is 4.79 Å².